The molecule has 0 spiro atoms. The Bertz CT molecular complexity index is 1320. The van der Waals surface area contributed by atoms with Crippen molar-refractivity contribution in [2.45, 2.75) is 11.5 Å². The molecule has 0 saturated heterocycles. The maximum absolute atomic E-state index is 13.1. The molecule has 0 amide bonds. The van der Waals surface area contributed by atoms with Gasteiger partial charge in [-0.1, -0.05) is 18.2 Å². The number of ether oxygens (including phenoxy) is 1. The minimum Gasteiger partial charge on any atom is -0.456 e. The summed E-state index contributed by atoms with van der Waals surface area (Å²) >= 11 is 1.36. The van der Waals surface area contributed by atoms with E-state index in [1.807, 2.05) is 0 Å². The number of para-hydroxylation sites is 1. The number of aromatic nitrogens is 1. The summed E-state index contributed by atoms with van der Waals surface area (Å²) in [4.78, 5) is 16.8. The molecule has 0 aliphatic carbocycles. The topological polar surface area (TPSA) is 85.4 Å². The molecule has 1 N–H and O–H groups in total. The average Bonchev–Trinajstić information content (AvgIpc) is 3.27. The van der Waals surface area contributed by atoms with Crippen molar-refractivity contribution in [3.05, 3.63) is 101 Å². The van der Waals surface area contributed by atoms with Crippen LogP contribution < -0.4 is 4.72 Å². The van der Waals surface area contributed by atoms with Crippen LogP contribution in [-0.4, -0.2) is 19.4 Å². The number of nitrogens with zero attached hydrogens (tertiary/aromatic N) is 1. The van der Waals surface area contributed by atoms with Crippen molar-refractivity contribution < 1.29 is 22.3 Å². The number of hydrogen-bond donors (Lipinski definition) is 1. The van der Waals surface area contributed by atoms with Gasteiger partial charge in [0.1, 0.15) is 17.4 Å². The van der Waals surface area contributed by atoms with Gasteiger partial charge in [-0.3, -0.25) is 4.72 Å². The molecule has 1 heterocycles. The molecule has 32 heavy (non-hydrogen) atoms. The number of nitrogens with one attached hydrogen (secondary N) is 1. The summed E-state index contributed by atoms with van der Waals surface area (Å²) in [5, 5.41) is 2.45. The second-order valence-electron chi connectivity index (χ2n) is 6.72. The van der Waals surface area contributed by atoms with E-state index in [1.54, 1.807) is 47.8 Å². The molecule has 0 fully saturated rings. The van der Waals surface area contributed by atoms with Gasteiger partial charge in [-0.2, -0.15) is 0 Å². The van der Waals surface area contributed by atoms with Gasteiger partial charge in [0, 0.05) is 16.6 Å². The normalized spacial score (nSPS) is 11.2. The van der Waals surface area contributed by atoms with Crippen LogP contribution in [0.3, 0.4) is 0 Å². The highest BCUT2D eigenvalue weighted by molar-refractivity contribution is 7.92. The molecule has 0 unspecified atom stereocenters. The summed E-state index contributed by atoms with van der Waals surface area (Å²) in [6.45, 7) is -0.0356. The van der Waals surface area contributed by atoms with Crippen molar-refractivity contribution in [1.82, 2.24) is 4.98 Å². The zero-order valence-corrected chi connectivity index (χ0v) is 18.2. The second kappa shape index (κ2) is 9.29. The van der Waals surface area contributed by atoms with E-state index in [9.17, 15) is 17.6 Å². The van der Waals surface area contributed by atoms with E-state index in [0.29, 0.717) is 16.4 Å². The van der Waals surface area contributed by atoms with Gasteiger partial charge >= 0.3 is 5.97 Å². The molecule has 1 aromatic heterocycles. The van der Waals surface area contributed by atoms with Crippen molar-refractivity contribution in [2.75, 3.05) is 4.72 Å². The Morgan fingerprint density at radius 3 is 2.34 bits per heavy atom. The van der Waals surface area contributed by atoms with Crippen molar-refractivity contribution in [3.63, 3.8) is 0 Å². The lowest BCUT2D eigenvalue weighted by Gasteiger charge is -2.08. The number of esters is 1. The number of sulfonamides is 1. The number of rotatable bonds is 7. The van der Waals surface area contributed by atoms with Gasteiger partial charge in [0.25, 0.3) is 10.0 Å². The van der Waals surface area contributed by atoms with E-state index < -0.39 is 16.0 Å². The first-order valence-corrected chi connectivity index (χ1v) is 11.8. The third-order valence-electron chi connectivity index (χ3n) is 4.42. The maximum Gasteiger partial charge on any atom is 0.338 e. The van der Waals surface area contributed by atoms with Crippen molar-refractivity contribution in [2.24, 2.45) is 0 Å². The minimum absolute atomic E-state index is 0.0290. The lowest BCUT2D eigenvalue weighted by Crippen LogP contribution is -2.13. The van der Waals surface area contributed by atoms with Gasteiger partial charge in [-0.25, -0.2) is 22.6 Å². The van der Waals surface area contributed by atoms with E-state index in [0.717, 1.165) is 5.56 Å². The summed E-state index contributed by atoms with van der Waals surface area (Å²) < 4.78 is 45.8. The fourth-order valence-electron chi connectivity index (χ4n) is 2.81. The Morgan fingerprint density at radius 2 is 1.66 bits per heavy atom. The molecular formula is C23H17FN2O4S2. The standard InChI is InChI=1S/C23H17FN2O4S2/c24-18-10-6-16(7-11-18)22-25-20(15-31-22)14-30-23(27)17-8-12-21(13-9-17)32(28,29)26-19-4-2-1-3-5-19/h1-13,15,26H,14H2. The van der Waals surface area contributed by atoms with Gasteiger partial charge in [-0.05, 0) is 60.7 Å². The smallest absolute Gasteiger partial charge is 0.338 e. The zero-order valence-electron chi connectivity index (χ0n) is 16.6. The highest BCUT2D eigenvalue weighted by atomic mass is 32.2. The van der Waals surface area contributed by atoms with Gasteiger partial charge in [-0.15, -0.1) is 11.3 Å². The third-order valence-corrected chi connectivity index (χ3v) is 6.76. The molecule has 0 aliphatic rings. The van der Waals surface area contributed by atoms with E-state index in [1.165, 1.54) is 47.7 Å². The third kappa shape index (κ3) is 5.19. The highest BCUT2D eigenvalue weighted by Gasteiger charge is 2.16. The lowest BCUT2D eigenvalue weighted by molar-refractivity contribution is 0.0468. The summed E-state index contributed by atoms with van der Waals surface area (Å²) in [6, 6.07) is 20.0. The van der Waals surface area contributed by atoms with Crippen LogP contribution in [-0.2, 0) is 21.4 Å². The SMILES string of the molecule is O=C(OCc1csc(-c2ccc(F)cc2)n1)c1ccc(S(=O)(=O)Nc2ccccc2)cc1. The number of anilines is 1. The molecular weight excluding hydrogens is 451 g/mol. The molecule has 0 atom stereocenters. The monoisotopic (exact) mass is 468 g/mol. The second-order valence-corrected chi connectivity index (χ2v) is 9.26. The number of carbonyl (C=O) groups excluding carboxylic acids is 1. The molecule has 0 bridgehead atoms. The van der Waals surface area contributed by atoms with Crippen LogP contribution in [0.4, 0.5) is 10.1 Å². The molecule has 0 aliphatic heterocycles. The van der Waals surface area contributed by atoms with Gasteiger partial charge in [0.15, 0.2) is 0 Å². The Hall–Kier alpha value is -3.56. The first-order valence-electron chi connectivity index (χ1n) is 9.46. The largest absolute Gasteiger partial charge is 0.456 e. The number of halogens is 1. The Balaban J connectivity index is 1.37. The molecule has 0 saturated carbocycles. The minimum atomic E-state index is -3.77. The Kier molecular flexibility index (Phi) is 6.29. The van der Waals surface area contributed by atoms with E-state index in [4.69, 9.17) is 4.74 Å². The fraction of sp³-hybridized carbons (Fsp3) is 0.0435. The molecule has 4 rings (SSSR count). The van der Waals surface area contributed by atoms with Gasteiger partial charge < -0.3 is 4.74 Å². The van der Waals surface area contributed by atoms with Gasteiger partial charge in [0.05, 0.1) is 16.2 Å². The highest BCUT2D eigenvalue weighted by Crippen LogP contribution is 2.24. The molecule has 4 aromatic rings. The van der Waals surface area contributed by atoms with Crippen molar-refractivity contribution in [1.29, 1.82) is 0 Å². The number of carbonyl (C=O) groups is 1. The average molecular weight is 469 g/mol. The summed E-state index contributed by atoms with van der Waals surface area (Å²) in [5.41, 5.74) is 2.00. The van der Waals surface area contributed by atoms with Crippen LogP contribution in [0.1, 0.15) is 16.1 Å². The number of thiazole rings is 1. The Morgan fingerprint density at radius 1 is 0.969 bits per heavy atom. The van der Waals surface area contributed by atoms with E-state index in [-0.39, 0.29) is 22.9 Å². The molecule has 0 radical (unpaired) electrons. The molecule has 3 aromatic carbocycles. The van der Waals surface area contributed by atoms with Crippen molar-refractivity contribution in [3.8, 4) is 10.6 Å². The maximum atomic E-state index is 13.1. The molecule has 9 heteroatoms. The number of benzene rings is 3. The predicted octanol–water partition coefficient (Wildman–Crippen LogP) is 5.11. The van der Waals surface area contributed by atoms with Crippen LogP contribution in [0.15, 0.2) is 89.1 Å². The van der Waals surface area contributed by atoms with Gasteiger partial charge in [0.2, 0.25) is 0 Å². The molecule has 162 valence electrons. The summed E-state index contributed by atoms with van der Waals surface area (Å²) in [7, 11) is -3.77. The first kappa shape index (κ1) is 21.7. The first-order chi connectivity index (χ1) is 15.4. The van der Waals surface area contributed by atoms with Crippen LogP contribution >= 0.6 is 11.3 Å². The van der Waals surface area contributed by atoms with Crippen molar-refractivity contribution >= 4 is 33.0 Å². The van der Waals surface area contributed by atoms with Crippen LogP contribution in [0.5, 0.6) is 0 Å². The quantitative estimate of drug-likeness (QED) is 0.381. The van der Waals surface area contributed by atoms with Crippen LogP contribution in [0.2, 0.25) is 0 Å². The number of hydrogen-bond acceptors (Lipinski definition) is 6. The Labute approximate surface area is 188 Å². The lowest BCUT2D eigenvalue weighted by atomic mass is 10.2. The predicted molar refractivity (Wildman–Crippen MR) is 120 cm³/mol. The molecule has 6 nitrogen and oxygen atoms in total. The summed E-state index contributed by atoms with van der Waals surface area (Å²) in [5.74, 6) is -0.921. The summed E-state index contributed by atoms with van der Waals surface area (Å²) in [6.07, 6.45) is 0. The zero-order chi connectivity index (χ0) is 22.6. The van der Waals surface area contributed by atoms with Crippen LogP contribution in [0, 0.1) is 5.82 Å². The fourth-order valence-corrected chi connectivity index (χ4v) is 4.68. The van der Waals surface area contributed by atoms with E-state index in [2.05, 4.69) is 9.71 Å². The van der Waals surface area contributed by atoms with Crippen LogP contribution in [0.25, 0.3) is 10.6 Å². The van der Waals surface area contributed by atoms with E-state index >= 15 is 0 Å².